The average Bonchev–Trinajstić information content (AvgIpc) is 3.04. The molecule has 0 atom stereocenters. The van der Waals surface area contributed by atoms with Crippen LogP contribution in [0.5, 0.6) is 0 Å². The second kappa shape index (κ2) is 9.12. The van der Waals surface area contributed by atoms with E-state index in [2.05, 4.69) is 39.2 Å². The van der Waals surface area contributed by atoms with E-state index in [0.29, 0.717) is 12.2 Å². The maximum atomic E-state index is 10.7. The smallest absolute Gasteiger partial charge is 0.269 e. The van der Waals surface area contributed by atoms with Crippen molar-refractivity contribution in [1.82, 2.24) is 4.57 Å². The van der Waals surface area contributed by atoms with Crippen molar-refractivity contribution >= 4 is 22.7 Å². The quantitative estimate of drug-likeness (QED) is 0.362. The summed E-state index contributed by atoms with van der Waals surface area (Å²) in [6.45, 7) is 4.45. The second-order valence-corrected chi connectivity index (χ2v) is 6.03. The van der Waals surface area contributed by atoms with E-state index in [1.807, 2.05) is 24.3 Å². The first-order valence-corrected chi connectivity index (χ1v) is 8.46. The van der Waals surface area contributed by atoms with Crippen molar-refractivity contribution in [3.63, 3.8) is 0 Å². The van der Waals surface area contributed by atoms with E-state index in [1.165, 1.54) is 23.5 Å². The van der Waals surface area contributed by atoms with Crippen LogP contribution in [0.2, 0.25) is 0 Å². The molecule has 0 unspecified atom stereocenters. The summed E-state index contributed by atoms with van der Waals surface area (Å²) < 4.78 is 2.06. The summed E-state index contributed by atoms with van der Waals surface area (Å²) in [6, 6.07) is 16.2. The molecular formula is C18H16BrN4O2S-. The van der Waals surface area contributed by atoms with Gasteiger partial charge in [0.2, 0.25) is 4.80 Å². The molecule has 0 saturated carbocycles. The van der Waals surface area contributed by atoms with Crippen molar-refractivity contribution in [3.8, 4) is 11.3 Å². The Hall–Kier alpha value is -2.71. The predicted octanol–water partition coefficient (Wildman–Crippen LogP) is 1.24. The molecule has 0 bridgehead atoms. The van der Waals surface area contributed by atoms with Gasteiger partial charge in [0.15, 0.2) is 0 Å². The van der Waals surface area contributed by atoms with Crippen molar-refractivity contribution < 1.29 is 21.9 Å². The molecule has 0 saturated heterocycles. The third-order valence-electron chi connectivity index (χ3n) is 3.54. The Labute approximate surface area is 165 Å². The number of nitro groups is 1. The van der Waals surface area contributed by atoms with Crippen molar-refractivity contribution in [2.24, 2.45) is 5.10 Å². The fourth-order valence-corrected chi connectivity index (χ4v) is 3.21. The minimum atomic E-state index is -0.426. The number of nitrogens with one attached hydrogen (secondary N) is 1. The maximum Gasteiger partial charge on any atom is 0.269 e. The number of benzene rings is 2. The highest BCUT2D eigenvalue weighted by Crippen LogP contribution is 2.20. The van der Waals surface area contributed by atoms with Gasteiger partial charge >= 0.3 is 0 Å². The number of aromatic nitrogens is 1. The van der Waals surface area contributed by atoms with Crippen LogP contribution >= 0.6 is 11.3 Å². The molecule has 0 aliphatic rings. The molecule has 6 nitrogen and oxygen atoms in total. The van der Waals surface area contributed by atoms with Gasteiger partial charge < -0.3 is 21.5 Å². The highest BCUT2D eigenvalue weighted by Gasteiger charge is 2.07. The molecule has 0 amide bonds. The first kappa shape index (κ1) is 19.6. The number of nitrogens with zero attached hydrogens (tertiary/aromatic N) is 3. The normalized spacial score (nSPS) is 10.8. The van der Waals surface area contributed by atoms with E-state index in [4.69, 9.17) is 0 Å². The lowest BCUT2D eigenvalue weighted by Gasteiger charge is -2.06. The first-order valence-electron chi connectivity index (χ1n) is 7.58. The second-order valence-electron chi connectivity index (χ2n) is 5.20. The van der Waals surface area contributed by atoms with Crippen LogP contribution in [0.1, 0.15) is 0 Å². The van der Waals surface area contributed by atoms with Crippen LogP contribution in [0.25, 0.3) is 11.3 Å². The van der Waals surface area contributed by atoms with Gasteiger partial charge in [-0.15, -0.1) is 23.0 Å². The van der Waals surface area contributed by atoms with Crippen LogP contribution in [-0.2, 0) is 6.54 Å². The lowest BCUT2D eigenvalue weighted by Crippen LogP contribution is -3.00. The zero-order chi connectivity index (χ0) is 17.6. The molecule has 134 valence electrons. The van der Waals surface area contributed by atoms with E-state index in [0.717, 1.165) is 16.1 Å². The topological polar surface area (TPSA) is 72.5 Å². The van der Waals surface area contributed by atoms with E-state index in [9.17, 15) is 10.1 Å². The van der Waals surface area contributed by atoms with Crippen LogP contribution in [0, 0.1) is 10.1 Å². The van der Waals surface area contributed by atoms with Crippen LogP contribution in [0.4, 0.5) is 11.4 Å². The lowest BCUT2D eigenvalue weighted by molar-refractivity contribution is -0.384. The Bertz CT molecular complexity index is 949. The maximum absolute atomic E-state index is 10.7. The Kier molecular flexibility index (Phi) is 6.88. The monoisotopic (exact) mass is 431 g/mol. The molecule has 26 heavy (non-hydrogen) atoms. The van der Waals surface area contributed by atoms with E-state index >= 15 is 0 Å². The van der Waals surface area contributed by atoms with E-state index < -0.39 is 4.92 Å². The molecule has 3 aromatic rings. The third kappa shape index (κ3) is 4.47. The third-order valence-corrected chi connectivity index (χ3v) is 4.40. The average molecular weight is 432 g/mol. The Morgan fingerprint density at radius 1 is 1.19 bits per heavy atom. The highest BCUT2D eigenvalue weighted by atomic mass is 79.9. The predicted molar refractivity (Wildman–Crippen MR) is 100 cm³/mol. The summed E-state index contributed by atoms with van der Waals surface area (Å²) in [6.07, 6.45) is 1.82. The first-order chi connectivity index (χ1) is 12.2. The fraction of sp³-hybridized carbons (Fsp3) is 0.0556. The largest absolute Gasteiger partial charge is 1.00 e. The van der Waals surface area contributed by atoms with Crippen molar-refractivity contribution in [3.05, 3.63) is 87.5 Å². The minimum absolute atomic E-state index is 0. The van der Waals surface area contributed by atoms with Gasteiger partial charge in [0.25, 0.3) is 5.69 Å². The summed E-state index contributed by atoms with van der Waals surface area (Å²) in [5.41, 5.74) is 5.86. The summed E-state index contributed by atoms with van der Waals surface area (Å²) in [5, 5.41) is 17.2. The number of thiazole rings is 1. The molecule has 0 fully saturated rings. The number of rotatable bonds is 6. The fourth-order valence-electron chi connectivity index (χ4n) is 2.33. The van der Waals surface area contributed by atoms with Gasteiger partial charge in [-0.2, -0.15) is 0 Å². The van der Waals surface area contributed by atoms with Gasteiger partial charge in [0.05, 0.1) is 16.3 Å². The van der Waals surface area contributed by atoms with Gasteiger partial charge in [0, 0.05) is 24.1 Å². The summed E-state index contributed by atoms with van der Waals surface area (Å²) in [7, 11) is 0. The minimum Gasteiger partial charge on any atom is -1.00 e. The van der Waals surface area contributed by atoms with Crippen LogP contribution < -0.4 is 27.2 Å². The number of non-ortho nitro benzene ring substituents is 1. The molecule has 0 aliphatic heterocycles. The molecule has 0 aliphatic carbocycles. The number of nitro benzene ring substituents is 1. The van der Waals surface area contributed by atoms with Gasteiger partial charge in [-0.1, -0.05) is 36.4 Å². The summed E-state index contributed by atoms with van der Waals surface area (Å²) in [4.78, 5) is 11.1. The number of anilines is 1. The molecule has 0 radical (unpaired) electrons. The molecular weight excluding hydrogens is 416 g/mol. The highest BCUT2D eigenvalue weighted by molar-refractivity contribution is 7.07. The number of hydrogen-bond acceptors (Lipinski definition) is 5. The molecule has 3 rings (SSSR count). The van der Waals surface area contributed by atoms with Crippen LogP contribution in [0.15, 0.2) is 77.7 Å². The van der Waals surface area contributed by atoms with Gasteiger partial charge in [-0.25, -0.2) is 0 Å². The Balaban J connectivity index is 0.00000243. The molecule has 1 heterocycles. The van der Waals surface area contributed by atoms with E-state index in [-0.39, 0.29) is 22.7 Å². The SMILES string of the molecule is C=CCn1c(-c2ccccc2)cs/c1=N\Nc1ccc([N+](=O)[O-])cc1.[Br-]. The number of allylic oxidation sites excluding steroid dienone is 1. The standard InChI is InChI=1S/C18H16N4O2S.BrH/c1-2-12-21-17(14-6-4-3-5-7-14)13-25-18(21)20-19-15-8-10-16(11-9-15)22(23)24;/h2-11,13,19H,1,12H2;1H/p-1/b20-18-;. The Morgan fingerprint density at radius 2 is 1.88 bits per heavy atom. The Morgan fingerprint density at radius 3 is 2.50 bits per heavy atom. The molecule has 2 aromatic carbocycles. The summed E-state index contributed by atoms with van der Waals surface area (Å²) in [5.74, 6) is 0. The number of hydrogen-bond donors (Lipinski definition) is 1. The summed E-state index contributed by atoms with van der Waals surface area (Å²) >= 11 is 1.52. The zero-order valence-corrected chi connectivity index (χ0v) is 16.1. The van der Waals surface area contributed by atoms with Crippen LogP contribution in [0.3, 0.4) is 0 Å². The zero-order valence-electron chi connectivity index (χ0n) is 13.7. The molecule has 1 N–H and O–H groups in total. The van der Waals surface area contributed by atoms with Gasteiger partial charge in [0.1, 0.15) is 0 Å². The van der Waals surface area contributed by atoms with E-state index in [1.54, 1.807) is 12.1 Å². The van der Waals surface area contributed by atoms with Crippen molar-refractivity contribution in [2.75, 3.05) is 5.43 Å². The molecule has 8 heteroatoms. The molecule has 0 spiro atoms. The van der Waals surface area contributed by atoms with Gasteiger partial charge in [-0.3, -0.25) is 15.5 Å². The lowest BCUT2D eigenvalue weighted by atomic mass is 10.2. The van der Waals surface area contributed by atoms with Crippen molar-refractivity contribution in [1.29, 1.82) is 0 Å². The van der Waals surface area contributed by atoms with Crippen LogP contribution in [-0.4, -0.2) is 9.49 Å². The van der Waals surface area contributed by atoms with Crippen molar-refractivity contribution in [2.45, 2.75) is 6.54 Å². The van der Waals surface area contributed by atoms with Gasteiger partial charge in [-0.05, 0) is 17.7 Å². The number of halogens is 1. The molecule has 1 aromatic heterocycles.